The van der Waals surface area contributed by atoms with Crippen LogP contribution in [0.15, 0.2) is 0 Å². The fourth-order valence-electron chi connectivity index (χ4n) is 3.19. The summed E-state index contributed by atoms with van der Waals surface area (Å²) >= 11 is 0. The van der Waals surface area contributed by atoms with E-state index in [9.17, 15) is 14.4 Å². The molecule has 0 bridgehead atoms. The number of carbonyl (C=O) groups excluding carboxylic acids is 3. The van der Waals surface area contributed by atoms with Crippen LogP contribution in [-0.2, 0) is 33.4 Å². The standard InChI is InChI=1S/C21H38N2O7/c1-5-20(6-2,28-13-9-12-22)15-27-16-21(7-3,8-4)29-14-19(26)30-23-17(24)10-11-18(23)25/h5-16,22H2,1-4H3. The highest BCUT2D eigenvalue weighted by Gasteiger charge is 2.35. The Kier molecular flexibility index (Phi) is 11.5. The molecular formula is C21H38N2O7. The monoisotopic (exact) mass is 430 g/mol. The van der Waals surface area contributed by atoms with Crippen molar-refractivity contribution in [3.05, 3.63) is 0 Å². The molecule has 0 unspecified atom stereocenters. The topological polar surface area (TPSA) is 117 Å². The maximum absolute atomic E-state index is 12.1. The van der Waals surface area contributed by atoms with Crippen LogP contribution in [0, 0.1) is 0 Å². The molecule has 0 aromatic rings. The summed E-state index contributed by atoms with van der Waals surface area (Å²) in [6, 6.07) is 0. The Labute approximate surface area is 179 Å². The van der Waals surface area contributed by atoms with Gasteiger partial charge in [0.15, 0.2) is 0 Å². The van der Waals surface area contributed by atoms with Crippen molar-refractivity contribution in [2.45, 2.75) is 83.8 Å². The average Bonchev–Trinajstić information content (AvgIpc) is 3.07. The Bertz CT molecular complexity index is 544. The van der Waals surface area contributed by atoms with Crippen LogP contribution in [-0.4, -0.2) is 67.0 Å². The number of hydroxylamine groups is 2. The molecule has 0 saturated carbocycles. The first kappa shape index (κ1) is 26.5. The van der Waals surface area contributed by atoms with Crippen LogP contribution in [0.25, 0.3) is 0 Å². The van der Waals surface area contributed by atoms with E-state index in [0.717, 1.165) is 19.3 Å². The number of carbonyl (C=O) groups is 3. The normalized spacial score (nSPS) is 15.2. The van der Waals surface area contributed by atoms with Gasteiger partial charge in [-0.05, 0) is 38.6 Å². The van der Waals surface area contributed by atoms with Crippen LogP contribution in [0.3, 0.4) is 0 Å². The first-order valence-corrected chi connectivity index (χ1v) is 10.9. The number of nitrogens with zero attached hydrogens (tertiary/aromatic N) is 1. The maximum Gasteiger partial charge on any atom is 0.358 e. The van der Waals surface area contributed by atoms with Gasteiger partial charge in [0.25, 0.3) is 11.8 Å². The molecule has 0 radical (unpaired) electrons. The lowest BCUT2D eigenvalue weighted by Crippen LogP contribution is -2.43. The number of amides is 2. The second kappa shape index (κ2) is 13.0. The molecule has 174 valence electrons. The fraction of sp³-hybridized carbons (Fsp3) is 0.857. The summed E-state index contributed by atoms with van der Waals surface area (Å²) in [6.07, 6.45) is 3.77. The number of rotatable bonds is 16. The summed E-state index contributed by atoms with van der Waals surface area (Å²) in [4.78, 5) is 40.1. The molecule has 1 heterocycles. The van der Waals surface area contributed by atoms with Gasteiger partial charge in [0.1, 0.15) is 6.61 Å². The second-order valence-electron chi connectivity index (χ2n) is 7.60. The van der Waals surface area contributed by atoms with Crippen molar-refractivity contribution in [2.75, 3.05) is 33.0 Å². The average molecular weight is 431 g/mol. The lowest BCUT2D eigenvalue weighted by molar-refractivity contribution is -0.206. The van der Waals surface area contributed by atoms with E-state index < -0.39 is 23.4 Å². The first-order valence-electron chi connectivity index (χ1n) is 10.9. The van der Waals surface area contributed by atoms with Crippen LogP contribution in [0.1, 0.15) is 72.6 Å². The van der Waals surface area contributed by atoms with Gasteiger partial charge in [-0.25, -0.2) is 4.79 Å². The summed E-state index contributed by atoms with van der Waals surface area (Å²) in [6.45, 7) is 9.54. The Balaban J connectivity index is 2.58. The van der Waals surface area contributed by atoms with Gasteiger partial charge in [-0.1, -0.05) is 27.7 Å². The summed E-state index contributed by atoms with van der Waals surface area (Å²) in [7, 11) is 0. The highest BCUT2D eigenvalue weighted by atomic mass is 16.7. The Morgan fingerprint density at radius 3 is 1.90 bits per heavy atom. The van der Waals surface area contributed by atoms with E-state index in [1.165, 1.54) is 0 Å². The molecule has 0 spiro atoms. The van der Waals surface area contributed by atoms with Crippen molar-refractivity contribution in [1.29, 1.82) is 0 Å². The molecule has 1 aliphatic heterocycles. The van der Waals surface area contributed by atoms with E-state index in [0.29, 0.717) is 37.7 Å². The molecule has 9 nitrogen and oxygen atoms in total. The molecule has 2 N–H and O–H groups in total. The number of hydrogen-bond acceptors (Lipinski definition) is 8. The van der Waals surface area contributed by atoms with Gasteiger partial charge in [-0.3, -0.25) is 9.59 Å². The zero-order chi connectivity index (χ0) is 22.6. The highest BCUT2D eigenvalue weighted by Crippen LogP contribution is 2.25. The summed E-state index contributed by atoms with van der Waals surface area (Å²) in [5.74, 6) is -1.82. The van der Waals surface area contributed by atoms with Gasteiger partial charge in [0.05, 0.1) is 24.4 Å². The van der Waals surface area contributed by atoms with Crippen LogP contribution in [0.2, 0.25) is 0 Å². The summed E-state index contributed by atoms with van der Waals surface area (Å²) in [5.41, 5.74) is 4.50. The van der Waals surface area contributed by atoms with Crippen LogP contribution < -0.4 is 5.73 Å². The lowest BCUT2D eigenvalue weighted by Gasteiger charge is -2.35. The molecular weight excluding hydrogens is 392 g/mol. The third-order valence-electron chi connectivity index (χ3n) is 5.76. The quantitative estimate of drug-likeness (QED) is 0.292. The molecule has 0 aliphatic carbocycles. The molecule has 1 rings (SSSR count). The number of imide groups is 1. The Hall–Kier alpha value is -1.55. The van der Waals surface area contributed by atoms with Crippen molar-refractivity contribution in [1.82, 2.24) is 5.06 Å². The minimum Gasteiger partial charge on any atom is -0.375 e. The minimum absolute atomic E-state index is 0.0542. The van der Waals surface area contributed by atoms with E-state index >= 15 is 0 Å². The molecule has 0 atom stereocenters. The number of nitrogens with two attached hydrogens (primary N) is 1. The molecule has 9 heteroatoms. The summed E-state index contributed by atoms with van der Waals surface area (Å²) < 4.78 is 17.9. The third kappa shape index (κ3) is 7.61. The molecule has 30 heavy (non-hydrogen) atoms. The van der Waals surface area contributed by atoms with Crippen molar-refractivity contribution in [3.63, 3.8) is 0 Å². The van der Waals surface area contributed by atoms with Gasteiger partial charge in [-0.15, -0.1) is 5.06 Å². The Morgan fingerprint density at radius 2 is 1.43 bits per heavy atom. The van der Waals surface area contributed by atoms with Gasteiger partial charge >= 0.3 is 5.97 Å². The molecule has 1 fully saturated rings. The van der Waals surface area contributed by atoms with Gasteiger partial charge in [0, 0.05) is 19.4 Å². The van der Waals surface area contributed by atoms with Crippen molar-refractivity contribution in [2.24, 2.45) is 5.73 Å². The predicted octanol–water partition coefficient (Wildman–Crippen LogP) is 2.11. The van der Waals surface area contributed by atoms with Crippen LogP contribution in [0.5, 0.6) is 0 Å². The molecule has 1 aliphatic rings. The van der Waals surface area contributed by atoms with E-state index in [1.54, 1.807) is 0 Å². The lowest BCUT2D eigenvalue weighted by atomic mass is 9.96. The van der Waals surface area contributed by atoms with Crippen molar-refractivity contribution < 1.29 is 33.4 Å². The minimum atomic E-state index is -0.786. The van der Waals surface area contributed by atoms with Crippen LogP contribution >= 0.6 is 0 Å². The van der Waals surface area contributed by atoms with Gasteiger partial charge in [-0.2, -0.15) is 0 Å². The number of ether oxygens (including phenoxy) is 3. The Morgan fingerprint density at radius 1 is 0.933 bits per heavy atom. The van der Waals surface area contributed by atoms with E-state index in [2.05, 4.69) is 13.8 Å². The molecule has 0 aromatic heterocycles. The van der Waals surface area contributed by atoms with E-state index in [1.807, 2.05) is 13.8 Å². The second-order valence-corrected chi connectivity index (χ2v) is 7.60. The first-order chi connectivity index (χ1) is 14.3. The molecule has 1 saturated heterocycles. The van der Waals surface area contributed by atoms with E-state index in [4.69, 9.17) is 24.8 Å². The summed E-state index contributed by atoms with van der Waals surface area (Å²) in [5, 5.41) is 0.525. The maximum atomic E-state index is 12.1. The van der Waals surface area contributed by atoms with Crippen molar-refractivity contribution in [3.8, 4) is 0 Å². The SMILES string of the molecule is CCC(CC)(COCC(CC)(CC)OCC(=O)ON1C(=O)CCC1=O)OCCCN. The van der Waals surface area contributed by atoms with Crippen LogP contribution in [0.4, 0.5) is 0 Å². The molecule has 2 amide bonds. The zero-order valence-corrected chi connectivity index (χ0v) is 18.9. The van der Waals surface area contributed by atoms with Gasteiger partial charge < -0.3 is 24.8 Å². The third-order valence-corrected chi connectivity index (χ3v) is 5.76. The van der Waals surface area contributed by atoms with Gasteiger partial charge in [0.2, 0.25) is 0 Å². The molecule has 0 aromatic carbocycles. The number of hydrogen-bond donors (Lipinski definition) is 1. The van der Waals surface area contributed by atoms with E-state index in [-0.39, 0.29) is 31.7 Å². The predicted molar refractivity (Wildman–Crippen MR) is 110 cm³/mol. The largest absolute Gasteiger partial charge is 0.375 e. The highest BCUT2D eigenvalue weighted by molar-refractivity contribution is 6.01. The van der Waals surface area contributed by atoms with Crippen molar-refractivity contribution >= 4 is 17.8 Å². The fourth-order valence-corrected chi connectivity index (χ4v) is 3.19. The smallest absolute Gasteiger partial charge is 0.358 e. The zero-order valence-electron chi connectivity index (χ0n) is 18.9.